The quantitative estimate of drug-likeness (QED) is 0.911. The summed E-state index contributed by atoms with van der Waals surface area (Å²) in [5, 5.41) is 11.4. The van der Waals surface area contributed by atoms with Crippen LogP contribution in [0.1, 0.15) is 19.3 Å². The van der Waals surface area contributed by atoms with E-state index in [1.54, 1.807) is 0 Å². The van der Waals surface area contributed by atoms with E-state index < -0.39 is 17.7 Å². The van der Waals surface area contributed by atoms with Crippen molar-refractivity contribution in [1.29, 1.82) is 0 Å². The number of aromatic carboxylic acids is 1. The lowest BCUT2D eigenvalue weighted by molar-refractivity contribution is 0.0702. The Morgan fingerprint density at radius 1 is 1.21 bits per heavy atom. The van der Waals surface area contributed by atoms with Crippen molar-refractivity contribution < 1.29 is 19.1 Å². The fourth-order valence-corrected chi connectivity index (χ4v) is 2.26. The van der Waals surface area contributed by atoms with Gasteiger partial charge in [-0.1, -0.05) is 11.6 Å². The van der Waals surface area contributed by atoms with Gasteiger partial charge in [-0.15, -0.1) is 11.3 Å². The normalized spacial score (nSPS) is 10.2. The number of carboxylic acid groups (broad SMARTS) is 1. The largest absolute Gasteiger partial charge is 0.477 e. The molecule has 1 heterocycles. The third-order valence-corrected chi connectivity index (χ3v) is 3.52. The number of rotatable bonds is 3. The molecule has 19 heavy (non-hydrogen) atoms. The van der Waals surface area contributed by atoms with Crippen LogP contribution in [-0.2, 0) is 0 Å². The Morgan fingerprint density at radius 3 is 2.53 bits per heavy atom. The van der Waals surface area contributed by atoms with E-state index in [2.05, 4.69) is 5.32 Å². The maximum Gasteiger partial charge on any atom is 0.345 e. The third kappa shape index (κ3) is 3.10. The maximum atomic E-state index is 13.4. The van der Waals surface area contributed by atoms with E-state index in [9.17, 15) is 14.0 Å². The number of hydrogen-bond donors (Lipinski definition) is 2. The number of nitrogens with one attached hydrogen (secondary N) is 1. The zero-order valence-corrected chi connectivity index (χ0v) is 10.9. The molecular formula is C12H7ClFNO3S. The van der Waals surface area contributed by atoms with Crippen LogP contribution in [0, 0.1) is 5.82 Å². The third-order valence-electron chi connectivity index (χ3n) is 2.22. The lowest BCUT2D eigenvalue weighted by atomic mass is 10.3. The van der Waals surface area contributed by atoms with E-state index in [0.29, 0.717) is 0 Å². The van der Waals surface area contributed by atoms with Gasteiger partial charge in [0.05, 0.1) is 10.6 Å². The minimum absolute atomic E-state index is 0.0386. The minimum atomic E-state index is -1.11. The Balaban J connectivity index is 2.20. The van der Waals surface area contributed by atoms with Gasteiger partial charge < -0.3 is 10.4 Å². The molecule has 0 bridgehead atoms. The first-order valence-corrected chi connectivity index (χ1v) is 6.26. The van der Waals surface area contributed by atoms with Gasteiger partial charge in [-0.05, 0) is 30.3 Å². The van der Waals surface area contributed by atoms with Crippen molar-refractivity contribution in [3.05, 3.63) is 50.9 Å². The van der Waals surface area contributed by atoms with E-state index in [4.69, 9.17) is 16.7 Å². The molecule has 0 saturated carbocycles. The number of carbonyl (C=O) groups is 2. The average molecular weight is 300 g/mol. The molecular weight excluding hydrogens is 293 g/mol. The van der Waals surface area contributed by atoms with Crippen LogP contribution in [0.25, 0.3) is 0 Å². The summed E-state index contributed by atoms with van der Waals surface area (Å²) in [4.78, 5) is 22.7. The van der Waals surface area contributed by atoms with Gasteiger partial charge >= 0.3 is 5.97 Å². The second-order valence-corrected chi connectivity index (χ2v) is 5.07. The molecule has 0 aliphatic heterocycles. The highest BCUT2D eigenvalue weighted by Gasteiger charge is 2.14. The number of hydrogen-bond acceptors (Lipinski definition) is 3. The SMILES string of the molecule is O=C(O)c1ccc(C(=O)Nc2cc(Cl)ccc2F)s1. The van der Waals surface area contributed by atoms with Crippen LogP contribution in [0.4, 0.5) is 10.1 Å². The predicted molar refractivity (Wildman–Crippen MR) is 70.6 cm³/mol. The van der Waals surface area contributed by atoms with Crippen LogP contribution >= 0.6 is 22.9 Å². The topological polar surface area (TPSA) is 66.4 Å². The number of anilines is 1. The van der Waals surface area contributed by atoms with Crippen molar-refractivity contribution in [3.8, 4) is 0 Å². The second kappa shape index (κ2) is 5.38. The molecule has 1 aromatic heterocycles. The first-order valence-electron chi connectivity index (χ1n) is 5.07. The van der Waals surface area contributed by atoms with Crippen molar-refractivity contribution in [1.82, 2.24) is 0 Å². The summed E-state index contributed by atoms with van der Waals surface area (Å²) in [5.74, 6) is -2.32. The highest BCUT2D eigenvalue weighted by molar-refractivity contribution is 7.15. The lowest BCUT2D eigenvalue weighted by Gasteiger charge is -2.05. The summed E-state index contributed by atoms with van der Waals surface area (Å²) in [6, 6.07) is 6.46. The van der Waals surface area contributed by atoms with Crippen molar-refractivity contribution in [2.45, 2.75) is 0 Å². The van der Waals surface area contributed by atoms with Crippen LogP contribution < -0.4 is 5.32 Å². The second-order valence-electron chi connectivity index (χ2n) is 3.55. The van der Waals surface area contributed by atoms with Crippen LogP contribution in [0.15, 0.2) is 30.3 Å². The van der Waals surface area contributed by atoms with E-state index >= 15 is 0 Å². The number of benzene rings is 1. The van der Waals surface area contributed by atoms with Crippen molar-refractivity contribution in [3.63, 3.8) is 0 Å². The molecule has 2 rings (SSSR count). The van der Waals surface area contributed by atoms with E-state index in [1.165, 1.54) is 24.3 Å². The van der Waals surface area contributed by atoms with Crippen LogP contribution in [0.2, 0.25) is 5.02 Å². The van der Waals surface area contributed by atoms with Crippen molar-refractivity contribution >= 4 is 40.5 Å². The van der Waals surface area contributed by atoms with Crippen molar-refractivity contribution in [2.75, 3.05) is 5.32 Å². The van der Waals surface area contributed by atoms with Gasteiger partial charge in [-0.3, -0.25) is 4.79 Å². The Hall–Kier alpha value is -1.92. The molecule has 98 valence electrons. The summed E-state index contributed by atoms with van der Waals surface area (Å²) < 4.78 is 13.4. The summed E-state index contributed by atoms with van der Waals surface area (Å²) >= 11 is 6.51. The molecule has 0 unspecified atom stereocenters. The Kier molecular flexibility index (Phi) is 3.82. The molecule has 0 spiro atoms. The van der Waals surface area contributed by atoms with Gasteiger partial charge in [0.15, 0.2) is 0 Å². The maximum absolute atomic E-state index is 13.4. The number of carbonyl (C=O) groups excluding carboxylic acids is 1. The highest BCUT2D eigenvalue weighted by atomic mass is 35.5. The van der Waals surface area contributed by atoms with Crippen LogP contribution in [0.3, 0.4) is 0 Å². The summed E-state index contributed by atoms with van der Waals surface area (Å²) in [6.45, 7) is 0. The number of carboxylic acids is 1. The molecule has 0 atom stereocenters. The Labute approximate surface area is 116 Å². The van der Waals surface area contributed by atoms with E-state index in [0.717, 1.165) is 17.4 Å². The van der Waals surface area contributed by atoms with Gasteiger partial charge in [0.25, 0.3) is 5.91 Å². The molecule has 0 radical (unpaired) electrons. The molecule has 0 fully saturated rings. The average Bonchev–Trinajstić information content (AvgIpc) is 2.83. The Bertz CT molecular complexity index is 656. The molecule has 0 saturated heterocycles. The number of halogens is 2. The molecule has 1 aromatic carbocycles. The Morgan fingerprint density at radius 2 is 1.89 bits per heavy atom. The van der Waals surface area contributed by atoms with Gasteiger partial charge in [0.2, 0.25) is 0 Å². The number of thiophene rings is 1. The first kappa shape index (κ1) is 13.5. The number of amides is 1. The minimum Gasteiger partial charge on any atom is -0.477 e. The smallest absolute Gasteiger partial charge is 0.345 e. The van der Waals surface area contributed by atoms with E-state index in [1.807, 2.05) is 0 Å². The zero-order valence-electron chi connectivity index (χ0n) is 9.31. The van der Waals surface area contributed by atoms with E-state index in [-0.39, 0.29) is 20.5 Å². The fourth-order valence-electron chi connectivity index (χ4n) is 1.35. The molecule has 1 amide bonds. The fraction of sp³-hybridized carbons (Fsp3) is 0. The molecule has 0 aliphatic rings. The first-order chi connectivity index (χ1) is 8.97. The summed E-state index contributed by atoms with van der Waals surface area (Å²) in [5.41, 5.74) is -0.0530. The molecule has 2 aromatic rings. The lowest BCUT2D eigenvalue weighted by Crippen LogP contribution is -2.11. The highest BCUT2D eigenvalue weighted by Crippen LogP contribution is 2.22. The summed E-state index contributed by atoms with van der Waals surface area (Å²) in [7, 11) is 0. The standard InChI is InChI=1S/C12H7ClFNO3S/c13-6-1-2-7(14)8(5-6)15-11(16)9-3-4-10(19-9)12(17)18/h1-5H,(H,15,16)(H,17,18). The molecule has 0 aliphatic carbocycles. The molecule has 2 N–H and O–H groups in total. The van der Waals surface area contributed by atoms with Crippen LogP contribution in [0.5, 0.6) is 0 Å². The molecule has 4 nitrogen and oxygen atoms in total. The van der Waals surface area contributed by atoms with Gasteiger partial charge in [-0.25, -0.2) is 9.18 Å². The van der Waals surface area contributed by atoms with Gasteiger partial charge in [0, 0.05) is 5.02 Å². The predicted octanol–water partition coefficient (Wildman–Crippen LogP) is 3.49. The van der Waals surface area contributed by atoms with Crippen molar-refractivity contribution in [2.24, 2.45) is 0 Å². The summed E-state index contributed by atoms with van der Waals surface area (Å²) in [6.07, 6.45) is 0. The molecule has 7 heteroatoms. The zero-order chi connectivity index (χ0) is 14.0. The van der Waals surface area contributed by atoms with Gasteiger partial charge in [-0.2, -0.15) is 0 Å². The van der Waals surface area contributed by atoms with Gasteiger partial charge in [0.1, 0.15) is 10.7 Å². The van der Waals surface area contributed by atoms with Crippen LogP contribution in [-0.4, -0.2) is 17.0 Å². The monoisotopic (exact) mass is 299 g/mol.